The van der Waals surface area contributed by atoms with E-state index in [2.05, 4.69) is 41.0 Å². The third-order valence-corrected chi connectivity index (χ3v) is 5.08. The molecule has 24 heavy (non-hydrogen) atoms. The van der Waals surface area contributed by atoms with Crippen molar-refractivity contribution in [2.24, 2.45) is 0 Å². The van der Waals surface area contributed by atoms with Crippen molar-refractivity contribution in [3.05, 3.63) is 18.0 Å². The molecule has 0 aliphatic carbocycles. The molecule has 0 unspecified atom stereocenters. The highest BCUT2D eigenvalue weighted by Gasteiger charge is 2.22. The first-order chi connectivity index (χ1) is 11.6. The summed E-state index contributed by atoms with van der Waals surface area (Å²) in [5.74, 6) is 0.316. The first-order valence-corrected chi connectivity index (χ1v) is 9.38. The third kappa shape index (κ3) is 4.57. The average Bonchev–Trinajstić information content (AvgIpc) is 3.19. The van der Waals surface area contributed by atoms with Crippen LogP contribution in [-0.2, 0) is 11.3 Å². The molecule has 6 heteroatoms. The average molecular weight is 333 g/mol. The van der Waals surface area contributed by atoms with Gasteiger partial charge in [0.15, 0.2) is 0 Å². The third-order valence-electron chi connectivity index (χ3n) is 5.08. The van der Waals surface area contributed by atoms with Gasteiger partial charge >= 0.3 is 0 Å². The summed E-state index contributed by atoms with van der Waals surface area (Å²) in [6, 6.07) is 2.54. The van der Waals surface area contributed by atoms with Crippen molar-refractivity contribution in [3.63, 3.8) is 0 Å². The number of likely N-dealkylation sites (tertiary alicyclic amines) is 1. The van der Waals surface area contributed by atoms with Crippen LogP contribution in [0.5, 0.6) is 0 Å². The summed E-state index contributed by atoms with van der Waals surface area (Å²) in [5, 5.41) is 4.65. The van der Waals surface area contributed by atoms with Crippen molar-refractivity contribution in [1.82, 2.24) is 24.5 Å². The highest BCUT2D eigenvalue weighted by Crippen LogP contribution is 2.12. The molecule has 0 N–H and O–H groups in total. The molecule has 1 aromatic rings. The van der Waals surface area contributed by atoms with E-state index in [-0.39, 0.29) is 0 Å². The van der Waals surface area contributed by atoms with Gasteiger partial charge in [0.05, 0.1) is 12.2 Å². The van der Waals surface area contributed by atoms with Crippen molar-refractivity contribution in [2.45, 2.75) is 45.7 Å². The minimum atomic E-state index is 0.316. The summed E-state index contributed by atoms with van der Waals surface area (Å²) < 4.78 is 2.02. The van der Waals surface area contributed by atoms with Crippen LogP contribution in [0.2, 0.25) is 0 Å². The molecule has 1 amide bonds. The van der Waals surface area contributed by atoms with E-state index in [1.54, 1.807) is 0 Å². The van der Waals surface area contributed by atoms with Gasteiger partial charge in [-0.1, -0.05) is 0 Å². The van der Waals surface area contributed by atoms with Crippen molar-refractivity contribution in [2.75, 3.05) is 45.8 Å². The largest absolute Gasteiger partial charge is 0.342 e. The van der Waals surface area contributed by atoms with Crippen LogP contribution in [0.3, 0.4) is 0 Å². The summed E-state index contributed by atoms with van der Waals surface area (Å²) >= 11 is 0. The van der Waals surface area contributed by atoms with Crippen molar-refractivity contribution in [1.29, 1.82) is 0 Å². The van der Waals surface area contributed by atoms with Gasteiger partial charge in [-0.25, -0.2) is 0 Å². The van der Waals surface area contributed by atoms with Gasteiger partial charge in [-0.3, -0.25) is 19.3 Å². The Morgan fingerprint density at radius 2 is 1.75 bits per heavy atom. The maximum Gasteiger partial charge on any atom is 0.236 e. The molecule has 2 aliphatic heterocycles. The molecule has 0 aromatic carbocycles. The zero-order chi connectivity index (χ0) is 16.9. The van der Waals surface area contributed by atoms with Gasteiger partial charge in [0.2, 0.25) is 5.91 Å². The minimum absolute atomic E-state index is 0.316. The van der Waals surface area contributed by atoms with Crippen LogP contribution in [0.1, 0.15) is 44.8 Å². The Balaban J connectivity index is 1.46. The summed E-state index contributed by atoms with van der Waals surface area (Å²) in [6.07, 6.45) is 5.53. The van der Waals surface area contributed by atoms with Gasteiger partial charge in [0.25, 0.3) is 0 Å². The molecule has 1 aromatic heterocycles. The predicted molar refractivity (Wildman–Crippen MR) is 94.8 cm³/mol. The Hall–Kier alpha value is -1.40. The monoisotopic (exact) mass is 333 g/mol. The molecule has 134 valence electrons. The Kier molecular flexibility index (Phi) is 5.89. The quantitative estimate of drug-likeness (QED) is 0.821. The van der Waals surface area contributed by atoms with Gasteiger partial charge in [-0.2, -0.15) is 5.10 Å². The van der Waals surface area contributed by atoms with Crippen LogP contribution in [0.25, 0.3) is 0 Å². The molecule has 0 bridgehead atoms. The molecule has 3 heterocycles. The van der Waals surface area contributed by atoms with Crippen molar-refractivity contribution < 1.29 is 4.79 Å². The van der Waals surface area contributed by atoms with Gasteiger partial charge < -0.3 is 4.90 Å². The lowest BCUT2D eigenvalue weighted by Crippen LogP contribution is -2.40. The molecule has 2 fully saturated rings. The molecule has 0 saturated carbocycles. The predicted octanol–water partition coefficient (Wildman–Crippen LogP) is 1.59. The van der Waals surface area contributed by atoms with E-state index in [1.807, 2.05) is 9.58 Å². The summed E-state index contributed by atoms with van der Waals surface area (Å²) in [7, 11) is 0. The Labute approximate surface area is 145 Å². The number of hydrogen-bond acceptors (Lipinski definition) is 4. The summed E-state index contributed by atoms with van der Waals surface area (Å²) in [5.41, 5.74) is 1.14. The standard InChI is InChI=1S/C18H31N5O/c1-16(2)23-11-6-17(19-23)14-20-7-5-8-21(13-12-20)15-18(24)22-9-3-4-10-22/h6,11,16H,3-5,7-10,12-15H2,1-2H3. The van der Waals surface area contributed by atoms with Crippen molar-refractivity contribution >= 4 is 5.91 Å². The second-order valence-corrected chi connectivity index (χ2v) is 7.37. The number of carbonyl (C=O) groups is 1. The minimum Gasteiger partial charge on any atom is -0.342 e. The maximum absolute atomic E-state index is 12.3. The number of nitrogens with zero attached hydrogens (tertiary/aromatic N) is 5. The topological polar surface area (TPSA) is 44.6 Å². The molecule has 0 spiro atoms. The fourth-order valence-corrected chi connectivity index (χ4v) is 3.58. The lowest BCUT2D eigenvalue weighted by Gasteiger charge is -2.23. The Morgan fingerprint density at radius 3 is 2.46 bits per heavy atom. The lowest BCUT2D eigenvalue weighted by molar-refractivity contribution is -0.131. The van der Waals surface area contributed by atoms with Crippen molar-refractivity contribution in [3.8, 4) is 0 Å². The summed E-state index contributed by atoms with van der Waals surface area (Å²) in [4.78, 5) is 19.1. The van der Waals surface area contributed by atoms with E-state index in [4.69, 9.17) is 0 Å². The number of hydrogen-bond donors (Lipinski definition) is 0. The molecule has 3 rings (SSSR count). The first kappa shape index (κ1) is 17.4. The van der Waals surface area contributed by atoms with Crippen LogP contribution in [-0.4, -0.2) is 76.2 Å². The van der Waals surface area contributed by atoms with E-state index in [9.17, 15) is 4.79 Å². The Bertz CT molecular complexity index is 535. The number of aromatic nitrogens is 2. The zero-order valence-electron chi connectivity index (χ0n) is 15.2. The number of carbonyl (C=O) groups excluding carboxylic acids is 1. The van der Waals surface area contributed by atoms with Crippen LogP contribution in [0.4, 0.5) is 0 Å². The zero-order valence-corrected chi connectivity index (χ0v) is 15.2. The molecule has 2 aliphatic rings. The molecule has 0 radical (unpaired) electrons. The molecular weight excluding hydrogens is 302 g/mol. The van der Waals surface area contributed by atoms with E-state index in [0.29, 0.717) is 18.5 Å². The van der Waals surface area contributed by atoms with E-state index < -0.39 is 0 Å². The van der Waals surface area contributed by atoms with Crippen LogP contribution in [0, 0.1) is 0 Å². The highest BCUT2D eigenvalue weighted by molar-refractivity contribution is 5.78. The fraction of sp³-hybridized carbons (Fsp3) is 0.778. The Morgan fingerprint density at radius 1 is 1.04 bits per heavy atom. The van der Waals surface area contributed by atoms with Gasteiger partial charge in [-0.15, -0.1) is 0 Å². The summed E-state index contributed by atoms with van der Waals surface area (Å²) in [6.45, 7) is 11.8. The number of amides is 1. The highest BCUT2D eigenvalue weighted by atomic mass is 16.2. The van der Waals surface area contributed by atoms with E-state index in [1.165, 1.54) is 12.8 Å². The first-order valence-electron chi connectivity index (χ1n) is 9.38. The van der Waals surface area contributed by atoms with E-state index >= 15 is 0 Å². The van der Waals surface area contributed by atoms with Gasteiger partial charge in [0.1, 0.15) is 0 Å². The maximum atomic E-state index is 12.3. The smallest absolute Gasteiger partial charge is 0.236 e. The van der Waals surface area contributed by atoms with E-state index in [0.717, 1.165) is 57.9 Å². The molecular formula is C18H31N5O. The molecule has 0 atom stereocenters. The van der Waals surface area contributed by atoms with Gasteiger partial charge in [-0.05, 0) is 52.3 Å². The second kappa shape index (κ2) is 8.12. The van der Waals surface area contributed by atoms with Gasteiger partial charge in [0, 0.05) is 45.0 Å². The second-order valence-electron chi connectivity index (χ2n) is 7.37. The molecule has 6 nitrogen and oxygen atoms in total. The van der Waals surface area contributed by atoms with Crippen LogP contribution >= 0.6 is 0 Å². The SMILES string of the molecule is CC(C)n1ccc(CN2CCCN(CC(=O)N3CCCC3)CC2)n1. The molecule has 2 saturated heterocycles. The van der Waals surface area contributed by atoms with Crippen LogP contribution in [0.15, 0.2) is 12.3 Å². The normalized spacial score (nSPS) is 20.7. The number of rotatable bonds is 5. The fourth-order valence-electron chi connectivity index (χ4n) is 3.58. The lowest BCUT2D eigenvalue weighted by atomic mass is 10.3. The van der Waals surface area contributed by atoms with Crippen LogP contribution < -0.4 is 0 Å².